The standard InChI is InChI=1S/C51H28N4O/c1-2-8-30(9-3-1)50-47-34-24-25-52-28-33(34)20-23-41(47)53-51(54-50)55-42-13-6-11-37-38-22-18-29-16-17-31(26-40(29)46(38)39-12-7-14-43(55)49(39)48(37)42)32-19-21-36-35-10-4-5-15-44(35)56-45(36)27-32/h1-28H. The molecule has 4 heterocycles. The van der Waals surface area contributed by atoms with Crippen LogP contribution in [-0.4, -0.2) is 19.5 Å². The molecule has 0 N–H and O–H groups in total. The van der Waals surface area contributed by atoms with Crippen molar-refractivity contribution in [2.24, 2.45) is 0 Å². The molecule has 5 nitrogen and oxygen atoms in total. The Hall–Kier alpha value is -7.63. The van der Waals surface area contributed by atoms with Gasteiger partial charge in [-0.25, -0.2) is 9.97 Å². The Labute approximate surface area is 319 Å². The normalized spacial score (nSPS) is 12.3. The van der Waals surface area contributed by atoms with E-state index in [-0.39, 0.29) is 0 Å². The molecular weight excluding hydrogens is 685 g/mol. The van der Waals surface area contributed by atoms with Gasteiger partial charge in [-0.1, -0.05) is 109 Å². The molecule has 0 aliphatic carbocycles. The lowest BCUT2D eigenvalue weighted by atomic mass is 9.90. The van der Waals surface area contributed by atoms with Crippen molar-refractivity contribution in [2.75, 3.05) is 0 Å². The zero-order valence-corrected chi connectivity index (χ0v) is 29.9. The van der Waals surface area contributed by atoms with E-state index in [0.29, 0.717) is 5.95 Å². The molecule has 5 heteroatoms. The van der Waals surface area contributed by atoms with Gasteiger partial charge in [0.25, 0.3) is 0 Å². The summed E-state index contributed by atoms with van der Waals surface area (Å²) in [6.45, 7) is 0. The number of para-hydroxylation sites is 1. The summed E-state index contributed by atoms with van der Waals surface area (Å²) in [5.41, 5.74) is 9.12. The molecule has 0 aliphatic heterocycles. The first kappa shape index (κ1) is 29.8. The van der Waals surface area contributed by atoms with Gasteiger partial charge in [0.15, 0.2) is 0 Å². The highest BCUT2D eigenvalue weighted by Gasteiger charge is 2.23. The second kappa shape index (κ2) is 11.0. The van der Waals surface area contributed by atoms with Crippen LogP contribution in [0.2, 0.25) is 0 Å². The van der Waals surface area contributed by atoms with Gasteiger partial charge in [0.1, 0.15) is 11.2 Å². The maximum atomic E-state index is 6.30. The fourth-order valence-corrected chi connectivity index (χ4v) is 9.37. The van der Waals surface area contributed by atoms with E-state index in [2.05, 4.69) is 149 Å². The lowest BCUT2D eigenvalue weighted by molar-refractivity contribution is 0.669. The minimum Gasteiger partial charge on any atom is -0.456 e. The zero-order chi connectivity index (χ0) is 36.5. The Balaban J connectivity index is 1.10. The van der Waals surface area contributed by atoms with Crippen molar-refractivity contribution in [1.82, 2.24) is 19.5 Å². The number of aromatic nitrogens is 4. The van der Waals surface area contributed by atoms with Crippen LogP contribution in [0.4, 0.5) is 0 Å². The van der Waals surface area contributed by atoms with E-state index in [0.717, 1.165) is 77.0 Å². The second-order valence-corrected chi connectivity index (χ2v) is 14.8. The summed E-state index contributed by atoms with van der Waals surface area (Å²) < 4.78 is 8.57. The van der Waals surface area contributed by atoms with E-state index in [1.807, 2.05) is 30.6 Å². The van der Waals surface area contributed by atoms with E-state index >= 15 is 0 Å². The summed E-state index contributed by atoms with van der Waals surface area (Å²) in [4.78, 5) is 15.2. The van der Waals surface area contributed by atoms with Crippen molar-refractivity contribution in [2.45, 2.75) is 0 Å². The molecule has 9 aromatic carbocycles. The third-order valence-corrected chi connectivity index (χ3v) is 11.8. The summed E-state index contributed by atoms with van der Waals surface area (Å²) in [6.07, 6.45) is 3.76. The summed E-state index contributed by atoms with van der Waals surface area (Å²) in [5.74, 6) is 0.651. The lowest BCUT2D eigenvalue weighted by Gasteiger charge is -2.13. The van der Waals surface area contributed by atoms with Crippen LogP contribution >= 0.6 is 0 Å². The number of rotatable bonds is 3. The third kappa shape index (κ3) is 4.01. The van der Waals surface area contributed by atoms with Crippen LogP contribution in [0.15, 0.2) is 175 Å². The largest absolute Gasteiger partial charge is 0.456 e. The summed E-state index contributed by atoms with van der Waals surface area (Å²) in [7, 11) is 0. The quantitative estimate of drug-likeness (QED) is 0.171. The molecule has 0 unspecified atom stereocenters. The summed E-state index contributed by atoms with van der Waals surface area (Å²) in [6, 6.07) is 56.3. The fraction of sp³-hybridized carbons (Fsp3) is 0. The molecule has 13 aromatic rings. The second-order valence-electron chi connectivity index (χ2n) is 14.8. The molecule has 0 spiro atoms. The van der Waals surface area contributed by atoms with Gasteiger partial charge in [-0.05, 0) is 97.4 Å². The van der Waals surface area contributed by atoms with E-state index in [4.69, 9.17) is 14.4 Å². The highest BCUT2D eigenvalue weighted by molar-refractivity contribution is 6.38. The van der Waals surface area contributed by atoms with Gasteiger partial charge < -0.3 is 4.42 Å². The molecule has 0 radical (unpaired) electrons. The summed E-state index contributed by atoms with van der Waals surface area (Å²) in [5, 5.41) is 15.3. The molecule has 0 atom stereocenters. The number of benzene rings is 9. The van der Waals surface area contributed by atoms with Crippen molar-refractivity contribution in [3.05, 3.63) is 170 Å². The lowest BCUT2D eigenvalue weighted by Crippen LogP contribution is -2.03. The molecule has 4 aromatic heterocycles. The molecule has 0 saturated carbocycles. The average Bonchev–Trinajstić information content (AvgIpc) is 3.81. The predicted molar refractivity (Wildman–Crippen MR) is 231 cm³/mol. The molecule has 258 valence electrons. The first-order valence-electron chi connectivity index (χ1n) is 18.9. The Bertz CT molecular complexity index is 3770. The third-order valence-electron chi connectivity index (χ3n) is 11.8. The number of nitrogens with zero attached hydrogens (tertiary/aromatic N) is 4. The van der Waals surface area contributed by atoms with Crippen LogP contribution in [0.5, 0.6) is 0 Å². The van der Waals surface area contributed by atoms with Crippen molar-refractivity contribution in [1.29, 1.82) is 0 Å². The number of fused-ring (bicyclic) bond motifs is 11. The van der Waals surface area contributed by atoms with E-state index in [1.165, 1.54) is 43.1 Å². The van der Waals surface area contributed by atoms with Crippen molar-refractivity contribution in [3.8, 4) is 28.3 Å². The van der Waals surface area contributed by atoms with Crippen LogP contribution in [0.3, 0.4) is 0 Å². The Morgan fingerprint density at radius 2 is 1.11 bits per heavy atom. The minimum atomic E-state index is 0.651. The SMILES string of the molecule is c1ccc(-c2nc(-n3c4cccc5c6ccc7ccc(-c8ccc9c(c8)oc8ccccc89)cc7c6c6cccc3c6c54)nc3ccc4cnccc4c23)cc1. The Morgan fingerprint density at radius 3 is 2.02 bits per heavy atom. The molecule has 0 bridgehead atoms. The fourth-order valence-electron chi connectivity index (χ4n) is 9.37. The highest BCUT2D eigenvalue weighted by Crippen LogP contribution is 2.46. The molecule has 0 aliphatic rings. The van der Waals surface area contributed by atoms with Crippen molar-refractivity contribution < 1.29 is 4.42 Å². The van der Waals surface area contributed by atoms with Gasteiger partial charge in [-0.3, -0.25) is 9.55 Å². The number of pyridine rings is 1. The van der Waals surface area contributed by atoms with Crippen LogP contribution in [0.1, 0.15) is 0 Å². The molecule has 0 fully saturated rings. The summed E-state index contributed by atoms with van der Waals surface area (Å²) >= 11 is 0. The molecule has 0 saturated heterocycles. The maximum Gasteiger partial charge on any atom is 0.235 e. The number of furan rings is 1. The maximum absolute atomic E-state index is 6.30. The van der Waals surface area contributed by atoms with Gasteiger partial charge in [0.05, 0.1) is 22.2 Å². The van der Waals surface area contributed by atoms with E-state index in [9.17, 15) is 0 Å². The van der Waals surface area contributed by atoms with Crippen molar-refractivity contribution in [3.63, 3.8) is 0 Å². The van der Waals surface area contributed by atoms with Gasteiger partial charge in [-0.2, -0.15) is 0 Å². The molecule has 56 heavy (non-hydrogen) atoms. The predicted octanol–water partition coefficient (Wildman–Crippen LogP) is 13.4. The zero-order valence-electron chi connectivity index (χ0n) is 29.9. The smallest absolute Gasteiger partial charge is 0.235 e. The van der Waals surface area contributed by atoms with Gasteiger partial charge in [0.2, 0.25) is 5.95 Å². The first-order chi connectivity index (χ1) is 27.8. The molecular formula is C51H28N4O. The Kier molecular flexibility index (Phi) is 5.83. The Morgan fingerprint density at radius 1 is 0.411 bits per heavy atom. The van der Waals surface area contributed by atoms with Gasteiger partial charge in [-0.15, -0.1) is 0 Å². The van der Waals surface area contributed by atoms with Crippen molar-refractivity contribution >= 4 is 97.7 Å². The van der Waals surface area contributed by atoms with Crippen LogP contribution in [0.25, 0.3) is 126 Å². The van der Waals surface area contributed by atoms with Crippen LogP contribution < -0.4 is 0 Å². The topological polar surface area (TPSA) is 56.7 Å². The number of hydrogen-bond acceptors (Lipinski definition) is 4. The van der Waals surface area contributed by atoms with E-state index in [1.54, 1.807) is 0 Å². The first-order valence-corrected chi connectivity index (χ1v) is 18.9. The number of hydrogen-bond donors (Lipinski definition) is 0. The molecule has 0 amide bonds. The molecule has 13 rings (SSSR count). The highest BCUT2D eigenvalue weighted by atomic mass is 16.3. The van der Waals surface area contributed by atoms with Crippen LogP contribution in [0, 0.1) is 0 Å². The average molecular weight is 713 g/mol. The monoisotopic (exact) mass is 712 g/mol. The van der Waals surface area contributed by atoms with E-state index < -0.39 is 0 Å². The van der Waals surface area contributed by atoms with Crippen LogP contribution in [-0.2, 0) is 0 Å². The minimum absolute atomic E-state index is 0.651. The van der Waals surface area contributed by atoms with Gasteiger partial charge in [0, 0.05) is 50.3 Å². The van der Waals surface area contributed by atoms with Gasteiger partial charge >= 0.3 is 0 Å².